The second kappa shape index (κ2) is 9.32. The number of amides is 1. The van der Waals surface area contributed by atoms with Gasteiger partial charge in [-0.1, -0.05) is 42.5 Å². The SMILES string of the molecule is Cc1ccccc1CCNC(=O)C[NH+]1CCN(S(=O)(=O)c2ccccc2)CC1. The molecule has 0 saturated carbocycles. The Balaban J connectivity index is 1.43. The lowest BCUT2D eigenvalue weighted by Gasteiger charge is -2.31. The molecule has 1 saturated heterocycles. The van der Waals surface area contributed by atoms with Gasteiger partial charge in [0.25, 0.3) is 5.91 Å². The highest BCUT2D eigenvalue weighted by Gasteiger charge is 2.30. The van der Waals surface area contributed by atoms with Crippen LogP contribution in [0.4, 0.5) is 0 Å². The Morgan fingerprint density at radius 2 is 1.68 bits per heavy atom. The topological polar surface area (TPSA) is 70.9 Å². The molecule has 0 bridgehead atoms. The van der Waals surface area contributed by atoms with Crippen molar-refractivity contribution in [1.29, 1.82) is 0 Å². The lowest BCUT2D eigenvalue weighted by atomic mass is 10.1. The van der Waals surface area contributed by atoms with Crippen LogP contribution in [-0.4, -0.2) is 57.9 Å². The molecule has 1 amide bonds. The number of quaternary nitrogens is 1. The van der Waals surface area contributed by atoms with Crippen LogP contribution < -0.4 is 10.2 Å². The number of benzene rings is 2. The lowest BCUT2D eigenvalue weighted by Crippen LogP contribution is -3.15. The molecule has 0 radical (unpaired) electrons. The Morgan fingerprint density at radius 1 is 1.04 bits per heavy atom. The molecule has 2 aromatic carbocycles. The second-order valence-electron chi connectivity index (χ2n) is 7.17. The van der Waals surface area contributed by atoms with E-state index in [1.165, 1.54) is 15.4 Å². The highest BCUT2D eigenvalue weighted by atomic mass is 32.2. The van der Waals surface area contributed by atoms with E-state index in [9.17, 15) is 13.2 Å². The molecule has 6 nitrogen and oxygen atoms in total. The Morgan fingerprint density at radius 3 is 2.36 bits per heavy atom. The number of hydrogen-bond donors (Lipinski definition) is 2. The van der Waals surface area contributed by atoms with Crippen molar-refractivity contribution in [2.45, 2.75) is 18.2 Å². The molecule has 7 heteroatoms. The van der Waals surface area contributed by atoms with E-state index in [-0.39, 0.29) is 5.91 Å². The van der Waals surface area contributed by atoms with Gasteiger partial charge in [0.1, 0.15) is 0 Å². The van der Waals surface area contributed by atoms with Gasteiger partial charge in [0, 0.05) is 6.54 Å². The molecule has 3 rings (SSSR count). The highest BCUT2D eigenvalue weighted by Crippen LogP contribution is 2.14. The van der Waals surface area contributed by atoms with Gasteiger partial charge in [0.2, 0.25) is 10.0 Å². The van der Waals surface area contributed by atoms with E-state index in [4.69, 9.17) is 0 Å². The molecule has 0 aromatic heterocycles. The van der Waals surface area contributed by atoms with Gasteiger partial charge in [-0.2, -0.15) is 4.31 Å². The normalized spacial score (nSPS) is 16.0. The van der Waals surface area contributed by atoms with Crippen LogP contribution in [0.2, 0.25) is 0 Å². The van der Waals surface area contributed by atoms with Gasteiger partial charge in [-0.05, 0) is 36.6 Å². The van der Waals surface area contributed by atoms with Crippen molar-refractivity contribution in [3.05, 3.63) is 65.7 Å². The predicted octanol–water partition coefficient (Wildman–Crippen LogP) is 0.243. The summed E-state index contributed by atoms with van der Waals surface area (Å²) >= 11 is 0. The average molecular weight is 403 g/mol. The first-order valence-corrected chi connectivity index (χ1v) is 11.1. The van der Waals surface area contributed by atoms with Gasteiger partial charge in [-0.3, -0.25) is 4.79 Å². The van der Waals surface area contributed by atoms with Gasteiger partial charge >= 0.3 is 0 Å². The number of hydrogen-bond acceptors (Lipinski definition) is 3. The van der Waals surface area contributed by atoms with Crippen molar-refractivity contribution in [1.82, 2.24) is 9.62 Å². The van der Waals surface area contributed by atoms with E-state index in [1.54, 1.807) is 30.3 Å². The summed E-state index contributed by atoms with van der Waals surface area (Å²) in [5, 5.41) is 2.98. The first kappa shape index (κ1) is 20.5. The fourth-order valence-electron chi connectivity index (χ4n) is 3.48. The van der Waals surface area contributed by atoms with E-state index in [0.717, 1.165) is 11.3 Å². The smallest absolute Gasteiger partial charge is 0.275 e. The standard InChI is InChI=1S/C21H27N3O3S/c1-18-7-5-6-8-19(18)11-12-22-21(25)17-23-13-15-24(16-14-23)28(26,27)20-9-3-2-4-10-20/h2-10H,11-17H2,1H3,(H,22,25)/p+1. The van der Waals surface area contributed by atoms with Crippen molar-refractivity contribution in [2.75, 3.05) is 39.3 Å². The van der Waals surface area contributed by atoms with Crippen LogP contribution >= 0.6 is 0 Å². The molecule has 1 aliphatic rings. The van der Waals surface area contributed by atoms with E-state index < -0.39 is 10.0 Å². The first-order valence-electron chi connectivity index (χ1n) is 9.67. The fourth-order valence-corrected chi connectivity index (χ4v) is 4.94. The molecule has 2 aromatic rings. The first-order chi connectivity index (χ1) is 13.5. The van der Waals surface area contributed by atoms with Gasteiger partial charge in [-0.25, -0.2) is 8.42 Å². The van der Waals surface area contributed by atoms with Crippen molar-refractivity contribution >= 4 is 15.9 Å². The van der Waals surface area contributed by atoms with Crippen LogP contribution in [0.1, 0.15) is 11.1 Å². The summed E-state index contributed by atoms with van der Waals surface area (Å²) in [5.41, 5.74) is 2.48. The van der Waals surface area contributed by atoms with Crippen LogP contribution in [0.15, 0.2) is 59.5 Å². The molecule has 150 valence electrons. The number of carbonyl (C=O) groups is 1. The molecule has 0 atom stereocenters. The third-order valence-electron chi connectivity index (χ3n) is 5.20. The number of piperazine rings is 1. The minimum atomic E-state index is -3.44. The minimum Gasteiger partial charge on any atom is -0.351 e. The Bertz CT molecular complexity index is 892. The molecule has 2 N–H and O–H groups in total. The van der Waals surface area contributed by atoms with E-state index in [2.05, 4.69) is 24.4 Å². The maximum atomic E-state index is 12.7. The molecule has 0 spiro atoms. The summed E-state index contributed by atoms with van der Waals surface area (Å²) in [5.74, 6) is 0.0166. The second-order valence-corrected chi connectivity index (χ2v) is 9.11. The van der Waals surface area contributed by atoms with Crippen molar-refractivity contribution in [3.63, 3.8) is 0 Å². The van der Waals surface area contributed by atoms with Crippen molar-refractivity contribution in [2.24, 2.45) is 0 Å². The van der Waals surface area contributed by atoms with Gasteiger partial charge in [0.15, 0.2) is 6.54 Å². The quantitative estimate of drug-likeness (QED) is 0.697. The molecule has 1 heterocycles. The van der Waals surface area contributed by atoms with Crippen LogP contribution in [0.5, 0.6) is 0 Å². The Labute approximate surface area is 167 Å². The summed E-state index contributed by atoms with van der Waals surface area (Å²) in [6.45, 7) is 5.21. The molecule has 1 fully saturated rings. The zero-order valence-corrected chi connectivity index (χ0v) is 17.0. The number of sulfonamides is 1. The Kier molecular flexibility index (Phi) is 6.83. The van der Waals surface area contributed by atoms with E-state index in [0.29, 0.717) is 44.2 Å². The number of nitrogens with zero attached hydrogens (tertiary/aromatic N) is 1. The number of aryl methyl sites for hydroxylation is 1. The molecule has 0 unspecified atom stereocenters. The van der Waals surface area contributed by atoms with Crippen molar-refractivity contribution < 1.29 is 18.1 Å². The third kappa shape index (κ3) is 5.19. The van der Waals surface area contributed by atoms with E-state index >= 15 is 0 Å². The summed E-state index contributed by atoms with van der Waals surface area (Å²) in [6.07, 6.45) is 0.816. The highest BCUT2D eigenvalue weighted by molar-refractivity contribution is 7.89. The number of nitrogens with one attached hydrogen (secondary N) is 2. The summed E-state index contributed by atoms with van der Waals surface area (Å²) < 4.78 is 26.8. The fraction of sp³-hybridized carbons (Fsp3) is 0.381. The van der Waals surface area contributed by atoms with Gasteiger partial charge < -0.3 is 10.2 Å². The number of carbonyl (C=O) groups excluding carboxylic acids is 1. The lowest BCUT2D eigenvalue weighted by molar-refractivity contribution is -0.895. The van der Waals surface area contributed by atoms with Gasteiger partial charge in [0.05, 0.1) is 31.1 Å². The van der Waals surface area contributed by atoms with Crippen LogP contribution in [-0.2, 0) is 21.2 Å². The molecule has 1 aliphatic heterocycles. The maximum absolute atomic E-state index is 12.7. The average Bonchev–Trinajstić information content (AvgIpc) is 2.70. The molecular formula is C21H28N3O3S+. The maximum Gasteiger partial charge on any atom is 0.275 e. The zero-order valence-electron chi connectivity index (χ0n) is 16.2. The van der Waals surface area contributed by atoms with Crippen LogP contribution in [0, 0.1) is 6.92 Å². The van der Waals surface area contributed by atoms with Crippen molar-refractivity contribution in [3.8, 4) is 0 Å². The molecule has 0 aliphatic carbocycles. The summed E-state index contributed by atoms with van der Waals surface area (Å²) in [4.78, 5) is 13.7. The molecular weight excluding hydrogens is 374 g/mol. The largest absolute Gasteiger partial charge is 0.351 e. The monoisotopic (exact) mass is 402 g/mol. The van der Waals surface area contributed by atoms with Crippen LogP contribution in [0.3, 0.4) is 0 Å². The minimum absolute atomic E-state index is 0.0166. The number of rotatable bonds is 7. The third-order valence-corrected chi connectivity index (χ3v) is 7.11. The predicted molar refractivity (Wildman–Crippen MR) is 109 cm³/mol. The summed E-state index contributed by atoms with van der Waals surface area (Å²) in [7, 11) is -3.44. The van der Waals surface area contributed by atoms with Gasteiger partial charge in [-0.15, -0.1) is 0 Å². The summed E-state index contributed by atoms with van der Waals surface area (Å²) in [6, 6.07) is 16.7. The van der Waals surface area contributed by atoms with E-state index in [1.807, 2.05) is 12.1 Å². The zero-order chi connectivity index (χ0) is 20.0. The Hall–Kier alpha value is -2.22. The molecule has 28 heavy (non-hydrogen) atoms. The van der Waals surface area contributed by atoms with Crippen LogP contribution in [0.25, 0.3) is 0 Å².